The highest BCUT2D eigenvalue weighted by Crippen LogP contribution is 2.38. The minimum Gasteiger partial charge on any atom is -0.457 e. The molecule has 0 radical (unpaired) electrons. The number of hydrogen-bond acceptors (Lipinski definition) is 16. The average Bonchev–Trinajstić information content (AvgIpc) is 3.36. The molecule has 0 saturated carbocycles. The Labute approximate surface area is 335 Å². The molecule has 17 heteroatoms. The first-order chi connectivity index (χ1) is 27.7. The highest BCUT2D eigenvalue weighted by molar-refractivity contribution is 6.19. The molecule has 17 nitrogen and oxygen atoms in total. The zero-order chi connectivity index (χ0) is 42.1. The van der Waals surface area contributed by atoms with Gasteiger partial charge in [-0.15, -0.1) is 0 Å². The molecule has 58 heavy (non-hydrogen) atoms. The van der Waals surface area contributed by atoms with Crippen molar-refractivity contribution in [2.45, 2.75) is 116 Å². The van der Waals surface area contributed by atoms with E-state index in [0.29, 0.717) is 0 Å². The van der Waals surface area contributed by atoms with Crippen molar-refractivity contribution in [2.24, 2.45) is 0 Å². The van der Waals surface area contributed by atoms with Crippen LogP contribution >= 0.6 is 0 Å². The lowest BCUT2D eigenvalue weighted by molar-refractivity contribution is -0.351. The van der Waals surface area contributed by atoms with Gasteiger partial charge in [-0.25, -0.2) is 0 Å². The van der Waals surface area contributed by atoms with Gasteiger partial charge in [-0.2, -0.15) is 0 Å². The van der Waals surface area contributed by atoms with Crippen LogP contribution in [0.5, 0.6) is 0 Å². The van der Waals surface area contributed by atoms with E-state index in [-0.39, 0.29) is 37.6 Å². The topological polar surface area (TPSA) is 198 Å². The van der Waals surface area contributed by atoms with E-state index >= 15 is 0 Å². The Morgan fingerprint density at radius 3 is 1.40 bits per heavy atom. The second-order valence-corrected chi connectivity index (χ2v) is 13.9. The zero-order valence-corrected chi connectivity index (χ0v) is 33.4. The van der Waals surface area contributed by atoms with Crippen LogP contribution in [0.2, 0.25) is 0 Å². The predicted octanol–water partition coefficient (Wildman–Crippen LogP) is 2.70. The number of carbonyl (C=O) groups excluding carboxylic acids is 6. The first kappa shape index (κ1) is 44.1. The minimum absolute atomic E-state index is 0.103. The van der Waals surface area contributed by atoms with Crippen LogP contribution in [-0.2, 0) is 89.3 Å². The fourth-order valence-electron chi connectivity index (χ4n) is 7.01. The van der Waals surface area contributed by atoms with Crippen LogP contribution in [0.3, 0.4) is 0 Å². The van der Waals surface area contributed by atoms with Crippen LogP contribution < -0.4 is 0 Å². The summed E-state index contributed by atoms with van der Waals surface area (Å²) in [5, 5.41) is 0. The van der Waals surface area contributed by atoms with Gasteiger partial charge in [-0.3, -0.25) is 33.7 Å². The van der Waals surface area contributed by atoms with Gasteiger partial charge in [-0.05, 0) is 25.0 Å². The molecule has 0 bridgehead atoms. The van der Waals surface area contributed by atoms with Crippen LogP contribution in [0.25, 0.3) is 0 Å². The highest BCUT2D eigenvalue weighted by Gasteiger charge is 2.59. The number of ether oxygens (including phenoxy) is 10. The first-order valence-electron chi connectivity index (χ1n) is 18.7. The molecule has 10 atom stereocenters. The number of imide groups is 1. The monoisotopic (exact) mass is 811 g/mol. The minimum atomic E-state index is -1.72. The largest absolute Gasteiger partial charge is 0.457 e. The van der Waals surface area contributed by atoms with Crippen molar-refractivity contribution in [2.75, 3.05) is 20.3 Å². The number of rotatable bonds is 16. The lowest BCUT2D eigenvalue weighted by Gasteiger charge is -2.50. The Kier molecular flexibility index (Phi) is 15.3. The number of nitrogens with zero attached hydrogens (tertiary/aromatic N) is 1. The van der Waals surface area contributed by atoms with Gasteiger partial charge in [0.05, 0.1) is 26.4 Å². The summed E-state index contributed by atoms with van der Waals surface area (Å²) in [4.78, 5) is 79.2. The van der Waals surface area contributed by atoms with E-state index in [9.17, 15) is 28.8 Å². The highest BCUT2D eigenvalue weighted by atomic mass is 16.8. The fraction of sp³-hybridized carbons (Fsp3) is 0.512. The average molecular weight is 812 g/mol. The maximum absolute atomic E-state index is 13.8. The SMILES string of the molecule is CO[C@@H]1O[C@H](COCc2ccccc2)[C@@H](OC(C)=O)[C@H](O[C@@H]2O[C@H](COCc3ccccc3)[C@@H](OC(C)=O)[C@H](OC(C)=O)[C@H]2OC(C)=O)[C@H]1N1C(=O)C(C)=C(C)C1=O. The van der Waals surface area contributed by atoms with E-state index in [1.807, 2.05) is 60.7 Å². The quantitative estimate of drug-likeness (QED) is 0.136. The molecular weight excluding hydrogens is 762 g/mol. The molecule has 3 aliphatic heterocycles. The first-order valence-corrected chi connectivity index (χ1v) is 18.7. The van der Waals surface area contributed by atoms with Gasteiger partial charge in [0, 0.05) is 46.0 Å². The van der Waals surface area contributed by atoms with E-state index in [1.165, 1.54) is 21.0 Å². The van der Waals surface area contributed by atoms with Gasteiger partial charge in [0.15, 0.2) is 37.0 Å². The molecule has 3 aliphatic rings. The van der Waals surface area contributed by atoms with Crippen molar-refractivity contribution < 1.29 is 76.1 Å². The third kappa shape index (κ3) is 10.7. The summed E-state index contributed by atoms with van der Waals surface area (Å²) in [6, 6.07) is 16.9. The molecular formula is C41H49NO16. The van der Waals surface area contributed by atoms with Crippen molar-refractivity contribution in [3.8, 4) is 0 Å². The molecule has 0 unspecified atom stereocenters. The lowest BCUT2D eigenvalue weighted by Crippen LogP contribution is -2.70. The molecule has 3 heterocycles. The molecule has 0 N–H and O–H groups in total. The molecule has 5 rings (SSSR count). The molecule has 0 aromatic heterocycles. The van der Waals surface area contributed by atoms with Crippen molar-refractivity contribution in [1.82, 2.24) is 4.90 Å². The summed E-state index contributed by atoms with van der Waals surface area (Å²) in [6.45, 7) is 7.25. The second kappa shape index (κ2) is 20.1. The summed E-state index contributed by atoms with van der Waals surface area (Å²) in [7, 11) is 1.29. The van der Waals surface area contributed by atoms with Gasteiger partial charge in [0.1, 0.15) is 24.4 Å². The molecule has 2 aromatic rings. The van der Waals surface area contributed by atoms with E-state index < -0.39 is 97.0 Å². The van der Waals surface area contributed by atoms with E-state index in [0.717, 1.165) is 43.7 Å². The maximum Gasteiger partial charge on any atom is 0.303 e. The summed E-state index contributed by atoms with van der Waals surface area (Å²) >= 11 is 0. The molecule has 2 aromatic carbocycles. The molecule has 314 valence electrons. The number of hydrogen-bond donors (Lipinski definition) is 0. The predicted molar refractivity (Wildman–Crippen MR) is 198 cm³/mol. The summed E-state index contributed by atoms with van der Waals surface area (Å²) < 4.78 is 60.0. The van der Waals surface area contributed by atoms with E-state index in [2.05, 4.69) is 0 Å². The normalized spacial score (nSPS) is 28.6. The summed E-state index contributed by atoms with van der Waals surface area (Å²) in [5.41, 5.74) is 1.94. The van der Waals surface area contributed by atoms with Crippen LogP contribution in [0.4, 0.5) is 0 Å². The Morgan fingerprint density at radius 1 is 0.569 bits per heavy atom. The second-order valence-electron chi connectivity index (χ2n) is 13.9. The number of benzene rings is 2. The summed E-state index contributed by atoms with van der Waals surface area (Å²) in [6.07, 6.45) is -13.0. The van der Waals surface area contributed by atoms with Crippen LogP contribution in [0, 0.1) is 0 Å². The zero-order valence-electron chi connectivity index (χ0n) is 33.4. The molecule has 2 amide bonds. The number of esters is 4. The Hall–Kier alpha value is -5.04. The summed E-state index contributed by atoms with van der Waals surface area (Å²) in [5.74, 6) is -4.62. The third-order valence-corrected chi connectivity index (χ3v) is 9.66. The number of carbonyl (C=O) groups is 6. The lowest BCUT2D eigenvalue weighted by atomic mass is 9.93. The van der Waals surface area contributed by atoms with Crippen molar-refractivity contribution >= 4 is 35.7 Å². The molecule has 2 saturated heterocycles. The molecule has 0 spiro atoms. The van der Waals surface area contributed by atoms with E-state index in [1.54, 1.807) is 0 Å². The van der Waals surface area contributed by atoms with Gasteiger partial charge in [-0.1, -0.05) is 60.7 Å². The maximum atomic E-state index is 13.8. The molecule has 0 aliphatic carbocycles. The number of methoxy groups -OCH3 is 1. The smallest absolute Gasteiger partial charge is 0.303 e. The van der Waals surface area contributed by atoms with Crippen molar-refractivity contribution in [3.63, 3.8) is 0 Å². The van der Waals surface area contributed by atoms with Crippen LogP contribution in [-0.4, -0.2) is 122 Å². The number of amides is 2. The van der Waals surface area contributed by atoms with Gasteiger partial charge in [0.25, 0.3) is 11.8 Å². The fourth-order valence-corrected chi connectivity index (χ4v) is 7.01. The Balaban J connectivity index is 1.58. The van der Waals surface area contributed by atoms with Gasteiger partial charge >= 0.3 is 23.9 Å². The van der Waals surface area contributed by atoms with Gasteiger partial charge < -0.3 is 47.4 Å². The van der Waals surface area contributed by atoms with Gasteiger partial charge in [0.2, 0.25) is 0 Å². The Morgan fingerprint density at radius 2 is 0.966 bits per heavy atom. The Bertz CT molecular complexity index is 1790. The van der Waals surface area contributed by atoms with Crippen LogP contribution in [0.1, 0.15) is 52.7 Å². The molecule has 2 fully saturated rings. The van der Waals surface area contributed by atoms with Crippen molar-refractivity contribution in [1.29, 1.82) is 0 Å². The van der Waals surface area contributed by atoms with Crippen LogP contribution in [0.15, 0.2) is 71.8 Å². The standard InChI is InChI=1S/C41H49NO16/c1-22-23(2)39(48)42(38(22)47)32-35(33(52-24(3)43)30(56-40(32)49-7)20-50-18-28-14-10-8-11-15-28)58-41-37(55-27(6)46)36(54-26(5)45)34(53-25(4)44)31(57-41)21-51-19-29-16-12-9-13-17-29/h8-17,30-37,40-41H,18-21H2,1-7H3/t30-,31-,32-,33-,34-,35-,36+,37-,40-,41+/m1/s1. The third-order valence-electron chi connectivity index (χ3n) is 9.66. The van der Waals surface area contributed by atoms with Crippen molar-refractivity contribution in [3.05, 3.63) is 82.9 Å². The van der Waals surface area contributed by atoms with E-state index in [4.69, 9.17) is 47.4 Å².